The number of carbonyl (C=O) groups is 1. The first-order chi connectivity index (χ1) is 11.7. The van der Waals surface area contributed by atoms with Gasteiger partial charge < -0.3 is 14.6 Å². The van der Waals surface area contributed by atoms with Crippen LogP contribution in [0.2, 0.25) is 0 Å². The Balaban J connectivity index is 2.05. The van der Waals surface area contributed by atoms with Crippen LogP contribution in [0.4, 0.5) is 10.5 Å². The van der Waals surface area contributed by atoms with Crippen LogP contribution >= 0.6 is 0 Å². The number of nitro groups is 1. The number of ether oxygens (including phenoxy) is 1. The first-order valence-corrected chi connectivity index (χ1v) is 7.86. The smallest absolute Gasteiger partial charge is 0.407 e. The van der Waals surface area contributed by atoms with E-state index in [1.807, 2.05) is 20.8 Å². The van der Waals surface area contributed by atoms with Crippen molar-refractivity contribution in [3.63, 3.8) is 0 Å². The summed E-state index contributed by atoms with van der Waals surface area (Å²) < 4.78 is 6.47. The van der Waals surface area contributed by atoms with Crippen LogP contribution in [-0.4, -0.2) is 28.7 Å². The largest absolute Gasteiger partial charge is 0.449 e. The fourth-order valence-electron chi connectivity index (χ4n) is 2.25. The number of amides is 1. The summed E-state index contributed by atoms with van der Waals surface area (Å²) in [6.07, 6.45) is 0.944. The number of nitro benzene ring substituents is 1. The van der Waals surface area contributed by atoms with Crippen LogP contribution in [0.5, 0.6) is 0 Å². The van der Waals surface area contributed by atoms with Crippen LogP contribution in [-0.2, 0) is 11.3 Å². The standard InChI is InChI=1S/C17H21N3O5/c1-17(2,3)11-25-16(22)18-8-10-19-9-7-12-13(15(19)21)5-4-6-14(12)20(23)24/h4-7,9H,8,10-11H2,1-3H3,(H,18,22). The molecule has 2 rings (SSSR count). The lowest BCUT2D eigenvalue weighted by Gasteiger charge is -2.18. The number of hydrogen-bond acceptors (Lipinski definition) is 5. The number of nitrogens with one attached hydrogen (secondary N) is 1. The second kappa shape index (κ2) is 7.33. The van der Waals surface area contributed by atoms with Gasteiger partial charge in [-0.15, -0.1) is 0 Å². The van der Waals surface area contributed by atoms with Gasteiger partial charge in [0.2, 0.25) is 0 Å². The molecule has 1 N–H and O–H groups in total. The van der Waals surface area contributed by atoms with Gasteiger partial charge >= 0.3 is 6.09 Å². The van der Waals surface area contributed by atoms with E-state index >= 15 is 0 Å². The first-order valence-electron chi connectivity index (χ1n) is 7.86. The molecule has 0 bridgehead atoms. The molecular formula is C17H21N3O5. The van der Waals surface area contributed by atoms with Gasteiger partial charge in [0.05, 0.1) is 22.3 Å². The lowest BCUT2D eigenvalue weighted by Crippen LogP contribution is -2.32. The highest BCUT2D eigenvalue weighted by Crippen LogP contribution is 2.22. The first kappa shape index (κ1) is 18.4. The fourth-order valence-corrected chi connectivity index (χ4v) is 2.25. The Morgan fingerprint density at radius 1 is 1.28 bits per heavy atom. The van der Waals surface area contributed by atoms with E-state index in [0.29, 0.717) is 12.0 Å². The average molecular weight is 347 g/mol. The van der Waals surface area contributed by atoms with Gasteiger partial charge in [0, 0.05) is 25.4 Å². The van der Waals surface area contributed by atoms with Crippen LogP contribution in [0, 0.1) is 15.5 Å². The molecule has 0 unspecified atom stereocenters. The van der Waals surface area contributed by atoms with Gasteiger partial charge in [-0.2, -0.15) is 0 Å². The molecule has 134 valence electrons. The summed E-state index contributed by atoms with van der Waals surface area (Å²) in [4.78, 5) is 34.5. The van der Waals surface area contributed by atoms with Crippen molar-refractivity contribution in [1.82, 2.24) is 9.88 Å². The second-order valence-electron chi connectivity index (χ2n) is 6.87. The molecule has 25 heavy (non-hydrogen) atoms. The minimum atomic E-state index is -0.542. The average Bonchev–Trinajstić information content (AvgIpc) is 2.54. The molecule has 2 aromatic rings. The molecule has 8 nitrogen and oxygen atoms in total. The van der Waals surface area contributed by atoms with Crippen molar-refractivity contribution in [1.29, 1.82) is 0 Å². The molecule has 0 atom stereocenters. The topological polar surface area (TPSA) is 103 Å². The van der Waals surface area contributed by atoms with Crippen molar-refractivity contribution in [2.24, 2.45) is 5.41 Å². The highest BCUT2D eigenvalue weighted by molar-refractivity contribution is 5.89. The van der Waals surface area contributed by atoms with Crippen molar-refractivity contribution in [2.75, 3.05) is 13.2 Å². The van der Waals surface area contributed by atoms with Gasteiger partial charge in [0.25, 0.3) is 11.2 Å². The molecule has 0 radical (unpaired) electrons. The lowest BCUT2D eigenvalue weighted by molar-refractivity contribution is -0.383. The maximum atomic E-state index is 12.4. The Kier molecular flexibility index (Phi) is 5.41. The summed E-state index contributed by atoms with van der Waals surface area (Å²) >= 11 is 0. The predicted molar refractivity (Wildman–Crippen MR) is 93.7 cm³/mol. The minimum absolute atomic E-state index is 0.106. The zero-order valence-corrected chi connectivity index (χ0v) is 14.4. The van der Waals surface area contributed by atoms with Crippen molar-refractivity contribution >= 4 is 22.6 Å². The fraction of sp³-hybridized carbons (Fsp3) is 0.412. The number of nitrogens with zero attached hydrogens (tertiary/aromatic N) is 2. The van der Waals surface area contributed by atoms with Gasteiger partial charge in [-0.25, -0.2) is 4.79 Å². The molecule has 1 heterocycles. The van der Waals surface area contributed by atoms with Gasteiger partial charge in [-0.1, -0.05) is 26.8 Å². The Bertz CT molecular complexity index is 851. The van der Waals surface area contributed by atoms with Gasteiger partial charge in [-0.3, -0.25) is 14.9 Å². The summed E-state index contributed by atoms with van der Waals surface area (Å²) in [6, 6.07) is 5.92. The Morgan fingerprint density at radius 2 is 2.00 bits per heavy atom. The number of rotatable bonds is 5. The van der Waals surface area contributed by atoms with E-state index in [4.69, 9.17) is 4.74 Å². The Hall–Kier alpha value is -2.90. The monoisotopic (exact) mass is 347 g/mol. The third-order valence-corrected chi connectivity index (χ3v) is 3.45. The van der Waals surface area contributed by atoms with Crippen LogP contribution in [0.25, 0.3) is 10.8 Å². The molecule has 1 amide bonds. The summed E-state index contributed by atoms with van der Waals surface area (Å²) in [5.74, 6) is 0. The Morgan fingerprint density at radius 3 is 2.64 bits per heavy atom. The second-order valence-corrected chi connectivity index (χ2v) is 6.87. The number of fused-ring (bicyclic) bond motifs is 1. The summed E-state index contributed by atoms with van der Waals surface area (Å²) in [6.45, 7) is 6.60. The predicted octanol–water partition coefficient (Wildman–Crippen LogP) is 2.68. The maximum Gasteiger partial charge on any atom is 0.407 e. The molecule has 0 aliphatic heterocycles. The van der Waals surface area contributed by atoms with Crippen LogP contribution in [0.3, 0.4) is 0 Å². The van der Waals surface area contributed by atoms with Crippen molar-refractivity contribution in [2.45, 2.75) is 27.3 Å². The molecule has 0 saturated heterocycles. The number of benzene rings is 1. The molecule has 0 aliphatic rings. The zero-order chi connectivity index (χ0) is 18.6. The number of alkyl carbamates (subject to hydrolysis) is 1. The van der Waals surface area contributed by atoms with Gasteiger partial charge in [-0.05, 0) is 17.5 Å². The molecule has 1 aromatic carbocycles. The molecule has 0 spiro atoms. The van der Waals surface area contributed by atoms with Crippen molar-refractivity contribution in [3.8, 4) is 0 Å². The summed E-state index contributed by atoms with van der Waals surface area (Å²) in [7, 11) is 0. The molecule has 0 fully saturated rings. The molecular weight excluding hydrogens is 326 g/mol. The van der Waals surface area contributed by atoms with E-state index in [0.717, 1.165) is 0 Å². The normalized spacial score (nSPS) is 11.3. The Labute approximate surface area is 144 Å². The van der Waals surface area contributed by atoms with Crippen molar-refractivity contribution in [3.05, 3.63) is 50.9 Å². The highest BCUT2D eigenvalue weighted by Gasteiger charge is 2.15. The van der Waals surface area contributed by atoms with E-state index in [-0.39, 0.29) is 35.1 Å². The molecule has 1 aromatic heterocycles. The molecule has 0 aliphatic carbocycles. The van der Waals surface area contributed by atoms with Crippen molar-refractivity contribution < 1.29 is 14.5 Å². The van der Waals surface area contributed by atoms with E-state index in [9.17, 15) is 19.7 Å². The molecule has 8 heteroatoms. The van der Waals surface area contributed by atoms with E-state index in [1.54, 1.807) is 6.07 Å². The maximum absolute atomic E-state index is 12.4. The SMILES string of the molecule is CC(C)(C)COC(=O)NCCn1ccc2c([N+](=O)[O-])cccc2c1=O. The van der Waals surface area contributed by atoms with E-state index < -0.39 is 11.0 Å². The quantitative estimate of drug-likeness (QED) is 0.661. The van der Waals surface area contributed by atoms with Crippen LogP contribution in [0.1, 0.15) is 20.8 Å². The number of carbonyl (C=O) groups excluding carboxylic acids is 1. The highest BCUT2D eigenvalue weighted by atomic mass is 16.6. The number of hydrogen-bond donors (Lipinski definition) is 1. The van der Waals surface area contributed by atoms with Gasteiger partial charge in [0.1, 0.15) is 0 Å². The van der Waals surface area contributed by atoms with Crippen LogP contribution in [0.15, 0.2) is 35.3 Å². The minimum Gasteiger partial charge on any atom is -0.449 e. The van der Waals surface area contributed by atoms with Crippen LogP contribution < -0.4 is 10.9 Å². The summed E-state index contributed by atoms with van der Waals surface area (Å²) in [5, 5.41) is 14.2. The zero-order valence-electron chi connectivity index (χ0n) is 14.4. The number of pyridine rings is 1. The van der Waals surface area contributed by atoms with E-state index in [2.05, 4.69) is 5.32 Å². The van der Waals surface area contributed by atoms with E-state index in [1.165, 1.54) is 29.0 Å². The third kappa shape index (κ3) is 4.79. The third-order valence-electron chi connectivity index (χ3n) is 3.45. The number of non-ortho nitro benzene ring substituents is 1. The van der Waals surface area contributed by atoms with Gasteiger partial charge in [0.15, 0.2) is 0 Å². The summed E-state index contributed by atoms with van der Waals surface area (Å²) in [5.41, 5.74) is -0.571. The molecule has 0 saturated carbocycles. The number of aromatic nitrogens is 1. The lowest BCUT2D eigenvalue weighted by atomic mass is 9.99.